The number of carbonyl (C=O) groups excluding carboxylic acids is 1. The third-order valence-corrected chi connectivity index (χ3v) is 3.18. The van der Waals surface area contributed by atoms with Gasteiger partial charge in [0.2, 0.25) is 5.91 Å². The molecule has 1 aromatic rings. The van der Waals surface area contributed by atoms with Gasteiger partial charge in [-0.25, -0.2) is 9.78 Å². The summed E-state index contributed by atoms with van der Waals surface area (Å²) in [5, 5.41) is 11.3. The standard InChI is InChI=1S/C11H17N3O3S/c15-6-2-7-18-8-4-12-10(16)9-14-5-1-3-13-11(14)17/h1,3,5,15H,2,4,6-9H2,(H,12,16). The summed E-state index contributed by atoms with van der Waals surface area (Å²) in [5.41, 5.74) is -0.426. The van der Waals surface area contributed by atoms with Crippen molar-refractivity contribution in [2.45, 2.75) is 13.0 Å². The fraction of sp³-hybridized carbons (Fsp3) is 0.545. The molecule has 1 heterocycles. The molecule has 0 spiro atoms. The number of hydrogen-bond acceptors (Lipinski definition) is 5. The van der Waals surface area contributed by atoms with E-state index in [1.807, 2.05) is 0 Å². The van der Waals surface area contributed by atoms with Crippen molar-refractivity contribution >= 4 is 17.7 Å². The predicted molar refractivity (Wildman–Crippen MR) is 70.5 cm³/mol. The van der Waals surface area contributed by atoms with Crippen LogP contribution in [0.4, 0.5) is 0 Å². The van der Waals surface area contributed by atoms with Crippen molar-refractivity contribution in [1.82, 2.24) is 14.9 Å². The van der Waals surface area contributed by atoms with Gasteiger partial charge in [0, 0.05) is 31.3 Å². The van der Waals surface area contributed by atoms with Crippen LogP contribution in [-0.4, -0.2) is 45.2 Å². The van der Waals surface area contributed by atoms with Crippen LogP contribution in [0.1, 0.15) is 6.42 Å². The molecule has 100 valence electrons. The van der Waals surface area contributed by atoms with Gasteiger partial charge in [-0.15, -0.1) is 0 Å². The van der Waals surface area contributed by atoms with Crippen molar-refractivity contribution in [3.05, 3.63) is 28.9 Å². The SMILES string of the molecule is O=C(Cn1cccnc1=O)NCCSCCCO. The number of nitrogens with zero attached hydrogens (tertiary/aromatic N) is 2. The number of aliphatic hydroxyl groups is 1. The van der Waals surface area contributed by atoms with E-state index >= 15 is 0 Å². The first kappa shape index (κ1) is 14.7. The van der Waals surface area contributed by atoms with Crippen LogP contribution in [0.15, 0.2) is 23.3 Å². The minimum atomic E-state index is -0.426. The molecular formula is C11H17N3O3S. The second-order valence-corrected chi connectivity index (χ2v) is 4.79. The van der Waals surface area contributed by atoms with Gasteiger partial charge >= 0.3 is 5.69 Å². The van der Waals surface area contributed by atoms with Crippen molar-refractivity contribution in [1.29, 1.82) is 0 Å². The second-order valence-electron chi connectivity index (χ2n) is 3.57. The quantitative estimate of drug-likeness (QED) is 0.621. The van der Waals surface area contributed by atoms with Gasteiger partial charge in [-0.2, -0.15) is 11.8 Å². The van der Waals surface area contributed by atoms with E-state index in [2.05, 4.69) is 10.3 Å². The normalized spacial score (nSPS) is 10.3. The summed E-state index contributed by atoms with van der Waals surface area (Å²) in [5.74, 6) is 1.48. The van der Waals surface area contributed by atoms with Crippen LogP contribution in [-0.2, 0) is 11.3 Å². The highest BCUT2D eigenvalue weighted by molar-refractivity contribution is 7.99. The first-order chi connectivity index (χ1) is 8.74. The molecule has 0 saturated heterocycles. The van der Waals surface area contributed by atoms with E-state index < -0.39 is 5.69 Å². The van der Waals surface area contributed by atoms with Crippen LogP contribution < -0.4 is 11.0 Å². The minimum Gasteiger partial charge on any atom is -0.396 e. The number of nitrogens with one attached hydrogen (secondary N) is 1. The summed E-state index contributed by atoms with van der Waals surface area (Å²) in [7, 11) is 0. The predicted octanol–water partition coefficient (Wildman–Crippen LogP) is -0.525. The summed E-state index contributed by atoms with van der Waals surface area (Å²) in [4.78, 5) is 26.3. The molecule has 0 fully saturated rings. The lowest BCUT2D eigenvalue weighted by atomic mass is 10.5. The summed E-state index contributed by atoms with van der Waals surface area (Å²) in [6, 6.07) is 1.61. The van der Waals surface area contributed by atoms with Crippen LogP contribution >= 0.6 is 11.8 Å². The van der Waals surface area contributed by atoms with Gasteiger partial charge in [-0.05, 0) is 18.2 Å². The van der Waals surface area contributed by atoms with Gasteiger partial charge in [0.25, 0.3) is 0 Å². The van der Waals surface area contributed by atoms with Gasteiger partial charge in [-0.1, -0.05) is 0 Å². The number of hydrogen-bond donors (Lipinski definition) is 2. The molecule has 0 saturated carbocycles. The molecule has 0 atom stereocenters. The average Bonchev–Trinajstić information content (AvgIpc) is 2.36. The van der Waals surface area contributed by atoms with Crippen LogP contribution in [0.2, 0.25) is 0 Å². The Balaban J connectivity index is 2.18. The summed E-state index contributed by atoms with van der Waals surface area (Å²) >= 11 is 1.67. The number of carbonyl (C=O) groups is 1. The molecule has 6 nitrogen and oxygen atoms in total. The number of amides is 1. The molecule has 2 N–H and O–H groups in total. The molecule has 0 radical (unpaired) electrons. The Bertz CT molecular complexity index is 422. The third kappa shape index (κ3) is 5.83. The van der Waals surface area contributed by atoms with E-state index in [4.69, 9.17) is 5.11 Å². The van der Waals surface area contributed by atoms with Gasteiger partial charge in [0.15, 0.2) is 0 Å². The molecule has 7 heteroatoms. The number of thioether (sulfide) groups is 1. The number of rotatable bonds is 8. The number of aliphatic hydroxyl groups excluding tert-OH is 1. The molecule has 1 rings (SSSR count). The van der Waals surface area contributed by atoms with Gasteiger partial charge < -0.3 is 10.4 Å². The topological polar surface area (TPSA) is 84.2 Å². The maximum absolute atomic E-state index is 11.5. The highest BCUT2D eigenvalue weighted by Gasteiger charge is 2.03. The Morgan fingerprint density at radius 1 is 1.50 bits per heavy atom. The lowest BCUT2D eigenvalue weighted by molar-refractivity contribution is -0.121. The third-order valence-electron chi connectivity index (χ3n) is 2.11. The summed E-state index contributed by atoms with van der Waals surface area (Å²) in [6.45, 7) is 0.751. The van der Waals surface area contributed by atoms with E-state index in [0.29, 0.717) is 6.54 Å². The zero-order valence-corrected chi connectivity index (χ0v) is 10.9. The van der Waals surface area contributed by atoms with E-state index in [-0.39, 0.29) is 19.1 Å². The van der Waals surface area contributed by atoms with E-state index in [1.165, 1.54) is 17.0 Å². The fourth-order valence-corrected chi connectivity index (χ4v) is 2.03. The molecule has 0 aromatic carbocycles. The van der Waals surface area contributed by atoms with Gasteiger partial charge in [0.05, 0.1) is 0 Å². The zero-order chi connectivity index (χ0) is 13.2. The lowest BCUT2D eigenvalue weighted by Crippen LogP contribution is -2.33. The smallest absolute Gasteiger partial charge is 0.347 e. The average molecular weight is 271 g/mol. The molecular weight excluding hydrogens is 254 g/mol. The molecule has 18 heavy (non-hydrogen) atoms. The van der Waals surface area contributed by atoms with Crippen molar-refractivity contribution in [3.63, 3.8) is 0 Å². The van der Waals surface area contributed by atoms with Crippen molar-refractivity contribution in [2.75, 3.05) is 24.7 Å². The Morgan fingerprint density at radius 3 is 3.06 bits per heavy atom. The highest BCUT2D eigenvalue weighted by atomic mass is 32.2. The maximum atomic E-state index is 11.5. The Hall–Kier alpha value is -1.34. The maximum Gasteiger partial charge on any atom is 0.347 e. The Labute approximate surface area is 109 Å². The summed E-state index contributed by atoms with van der Waals surface area (Å²) in [6.07, 6.45) is 3.70. The molecule has 1 aromatic heterocycles. The second kappa shape index (κ2) is 8.71. The number of aromatic nitrogens is 2. The lowest BCUT2D eigenvalue weighted by Gasteiger charge is -2.06. The first-order valence-corrected chi connectivity index (χ1v) is 6.86. The van der Waals surface area contributed by atoms with Crippen LogP contribution in [0.3, 0.4) is 0 Å². The zero-order valence-electron chi connectivity index (χ0n) is 10.0. The van der Waals surface area contributed by atoms with Crippen LogP contribution in [0.5, 0.6) is 0 Å². The van der Waals surface area contributed by atoms with Crippen molar-refractivity contribution in [3.8, 4) is 0 Å². The molecule has 0 aliphatic rings. The Kier molecular flexibility index (Phi) is 7.12. The van der Waals surface area contributed by atoms with Crippen molar-refractivity contribution < 1.29 is 9.90 Å². The summed E-state index contributed by atoms with van der Waals surface area (Å²) < 4.78 is 1.26. The molecule has 0 unspecified atom stereocenters. The minimum absolute atomic E-state index is 0.00597. The monoisotopic (exact) mass is 271 g/mol. The van der Waals surface area contributed by atoms with Crippen molar-refractivity contribution in [2.24, 2.45) is 0 Å². The van der Waals surface area contributed by atoms with Crippen LogP contribution in [0.25, 0.3) is 0 Å². The van der Waals surface area contributed by atoms with Crippen LogP contribution in [0, 0.1) is 0 Å². The molecule has 0 aliphatic carbocycles. The van der Waals surface area contributed by atoms with Gasteiger partial charge in [-0.3, -0.25) is 9.36 Å². The van der Waals surface area contributed by atoms with E-state index in [0.717, 1.165) is 17.9 Å². The largest absolute Gasteiger partial charge is 0.396 e. The van der Waals surface area contributed by atoms with E-state index in [1.54, 1.807) is 17.8 Å². The first-order valence-electron chi connectivity index (χ1n) is 5.71. The molecule has 1 amide bonds. The molecule has 0 bridgehead atoms. The van der Waals surface area contributed by atoms with Gasteiger partial charge in [0.1, 0.15) is 6.54 Å². The fourth-order valence-electron chi connectivity index (χ4n) is 1.25. The molecule has 0 aliphatic heterocycles. The Morgan fingerprint density at radius 2 is 2.33 bits per heavy atom. The highest BCUT2D eigenvalue weighted by Crippen LogP contribution is 1.99. The van der Waals surface area contributed by atoms with E-state index in [9.17, 15) is 9.59 Å².